The van der Waals surface area contributed by atoms with Gasteiger partial charge < -0.3 is 0 Å². The van der Waals surface area contributed by atoms with E-state index in [0.29, 0.717) is 27.8 Å². The minimum Gasteiger partial charge on any atom is -0.256 e. The molecule has 1 aliphatic rings. The molecule has 0 aliphatic carbocycles. The van der Waals surface area contributed by atoms with Crippen LogP contribution in [0.25, 0.3) is 0 Å². The molecule has 28 heavy (non-hydrogen) atoms. The van der Waals surface area contributed by atoms with E-state index in [1.165, 1.54) is 0 Å². The van der Waals surface area contributed by atoms with Gasteiger partial charge in [0, 0.05) is 11.1 Å². The van der Waals surface area contributed by atoms with E-state index < -0.39 is 35.9 Å². The highest BCUT2D eigenvalue weighted by Gasteiger charge is 2.62. The van der Waals surface area contributed by atoms with Crippen molar-refractivity contribution in [1.29, 1.82) is 0 Å². The number of benzene rings is 1. The van der Waals surface area contributed by atoms with Crippen molar-refractivity contribution in [3.8, 4) is 0 Å². The molecule has 2 nitrogen and oxygen atoms in total. The zero-order valence-corrected chi connectivity index (χ0v) is 15.6. The predicted molar refractivity (Wildman–Crippen MR) is 91.7 cm³/mol. The molecule has 0 aromatic heterocycles. The molecule has 11 heteroatoms. The standard InChI is InChI=1S/C17H16F8N2S/c1-9-5-10(2)13(28-8-15(18,19)20)6-11(9)3-4-12-7-26-14(27-12)16(21,22)17(23,24)25/h5-7,12H,3-4,8H2,1-2H3. The lowest BCUT2D eigenvalue weighted by Gasteiger charge is -2.17. The van der Waals surface area contributed by atoms with E-state index in [1.54, 1.807) is 26.0 Å². The molecule has 1 atom stereocenters. The van der Waals surface area contributed by atoms with Crippen molar-refractivity contribution in [1.82, 2.24) is 0 Å². The number of hydrogen-bond donors (Lipinski definition) is 0. The second kappa shape index (κ2) is 8.00. The van der Waals surface area contributed by atoms with Gasteiger partial charge in [0.2, 0.25) is 5.84 Å². The second-order valence-corrected chi connectivity index (χ2v) is 7.37. The van der Waals surface area contributed by atoms with Gasteiger partial charge in [-0.3, -0.25) is 4.99 Å². The van der Waals surface area contributed by atoms with Gasteiger partial charge >= 0.3 is 18.3 Å². The first kappa shape index (κ1) is 22.6. The van der Waals surface area contributed by atoms with Crippen molar-refractivity contribution in [3.05, 3.63) is 28.8 Å². The summed E-state index contributed by atoms with van der Waals surface area (Å²) < 4.78 is 101. The Morgan fingerprint density at radius 3 is 2.18 bits per heavy atom. The molecule has 0 spiro atoms. The van der Waals surface area contributed by atoms with E-state index in [2.05, 4.69) is 9.98 Å². The van der Waals surface area contributed by atoms with Gasteiger partial charge in [0.05, 0.1) is 11.8 Å². The maximum absolute atomic E-state index is 13.3. The summed E-state index contributed by atoms with van der Waals surface area (Å²) in [4.78, 5) is 6.89. The molecular formula is C17H16F8N2S. The van der Waals surface area contributed by atoms with Gasteiger partial charge in [0.25, 0.3) is 0 Å². The fourth-order valence-electron chi connectivity index (χ4n) is 2.57. The van der Waals surface area contributed by atoms with Crippen LogP contribution < -0.4 is 0 Å². The lowest BCUT2D eigenvalue weighted by Crippen LogP contribution is -2.42. The second-order valence-electron chi connectivity index (χ2n) is 6.36. The van der Waals surface area contributed by atoms with E-state index in [4.69, 9.17) is 0 Å². The van der Waals surface area contributed by atoms with E-state index in [-0.39, 0.29) is 12.8 Å². The van der Waals surface area contributed by atoms with Crippen LogP contribution in [-0.2, 0) is 6.42 Å². The maximum atomic E-state index is 13.3. The van der Waals surface area contributed by atoms with Crippen molar-refractivity contribution < 1.29 is 35.1 Å². The van der Waals surface area contributed by atoms with Crippen molar-refractivity contribution >= 4 is 23.8 Å². The van der Waals surface area contributed by atoms with Crippen molar-refractivity contribution in [2.45, 2.75) is 55.9 Å². The molecule has 0 bridgehead atoms. The minimum atomic E-state index is -5.78. The van der Waals surface area contributed by atoms with Crippen molar-refractivity contribution in [2.75, 3.05) is 5.75 Å². The number of nitrogens with zero attached hydrogens (tertiary/aromatic N) is 2. The van der Waals surface area contributed by atoms with Crippen molar-refractivity contribution in [2.24, 2.45) is 9.98 Å². The molecule has 0 radical (unpaired) electrons. The molecule has 0 saturated heterocycles. The normalized spacial score (nSPS) is 17.9. The number of aryl methyl sites for hydroxylation is 3. The summed E-state index contributed by atoms with van der Waals surface area (Å²) in [6.45, 7) is 3.42. The highest BCUT2D eigenvalue weighted by atomic mass is 32.2. The van der Waals surface area contributed by atoms with Crippen LogP contribution in [0.2, 0.25) is 0 Å². The Balaban J connectivity index is 2.08. The molecular weight excluding hydrogens is 416 g/mol. The Kier molecular flexibility index (Phi) is 6.47. The Labute approximate surface area is 160 Å². The summed E-state index contributed by atoms with van der Waals surface area (Å²) in [5, 5.41) is 0. The Bertz CT molecular complexity index is 781. The van der Waals surface area contributed by atoms with Crippen LogP contribution in [0.4, 0.5) is 35.1 Å². The summed E-state index contributed by atoms with van der Waals surface area (Å²) in [6.07, 6.45) is -8.82. The molecule has 0 amide bonds. The van der Waals surface area contributed by atoms with E-state index in [1.807, 2.05) is 0 Å². The number of rotatable bonds is 6. The molecule has 156 valence electrons. The highest BCUT2D eigenvalue weighted by molar-refractivity contribution is 7.99. The summed E-state index contributed by atoms with van der Waals surface area (Å²) in [6, 6.07) is 2.35. The summed E-state index contributed by atoms with van der Waals surface area (Å²) in [5.41, 5.74) is 2.13. The van der Waals surface area contributed by atoms with Crippen LogP contribution in [0.5, 0.6) is 0 Å². The Morgan fingerprint density at radius 1 is 0.964 bits per heavy atom. The Hall–Kier alpha value is -1.65. The number of hydrogen-bond acceptors (Lipinski definition) is 3. The van der Waals surface area contributed by atoms with Gasteiger partial charge in [-0.2, -0.15) is 35.1 Å². The number of alkyl halides is 8. The number of halogens is 8. The van der Waals surface area contributed by atoms with E-state index >= 15 is 0 Å². The zero-order valence-electron chi connectivity index (χ0n) is 14.8. The van der Waals surface area contributed by atoms with E-state index in [9.17, 15) is 35.1 Å². The molecule has 1 unspecified atom stereocenters. The topological polar surface area (TPSA) is 24.7 Å². The van der Waals surface area contributed by atoms with Crippen LogP contribution in [0, 0.1) is 13.8 Å². The first-order valence-corrected chi connectivity index (χ1v) is 9.06. The third kappa shape index (κ3) is 5.45. The zero-order chi connectivity index (χ0) is 21.3. The molecule has 1 heterocycles. The average Bonchev–Trinajstić information content (AvgIpc) is 3.00. The van der Waals surface area contributed by atoms with Gasteiger partial charge in [-0.05, 0) is 49.4 Å². The lowest BCUT2D eigenvalue weighted by molar-refractivity contribution is -0.249. The number of amidine groups is 1. The largest absolute Gasteiger partial charge is 0.461 e. The molecule has 1 aliphatic heterocycles. The molecule has 1 aromatic carbocycles. The summed E-state index contributed by atoms with van der Waals surface area (Å²) in [5.74, 6) is -7.75. The summed E-state index contributed by atoms with van der Waals surface area (Å²) in [7, 11) is 0. The van der Waals surface area contributed by atoms with Gasteiger partial charge in [-0.25, -0.2) is 4.99 Å². The Morgan fingerprint density at radius 2 is 1.61 bits per heavy atom. The van der Waals surface area contributed by atoms with Gasteiger partial charge in [-0.1, -0.05) is 6.07 Å². The molecule has 1 aromatic rings. The third-order valence-corrected chi connectivity index (χ3v) is 5.25. The minimum absolute atomic E-state index is 0.105. The molecule has 0 fully saturated rings. The van der Waals surface area contributed by atoms with Crippen molar-refractivity contribution in [3.63, 3.8) is 0 Å². The quantitative estimate of drug-likeness (QED) is 0.403. The highest BCUT2D eigenvalue weighted by Crippen LogP contribution is 2.38. The van der Waals surface area contributed by atoms with Crippen LogP contribution in [0.3, 0.4) is 0 Å². The first-order chi connectivity index (χ1) is 12.7. The lowest BCUT2D eigenvalue weighted by atomic mass is 9.99. The SMILES string of the molecule is Cc1cc(C)c(SCC(F)(F)F)cc1CCC1C=NC(C(F)(F)C(F)(F)F)=N1. The van der Waals surface area contributed by atoms with Crippen LogP contribution in [0.15, 0.2) is 27.0 Å². The summed E-state index contributed by atoms with van der Waals surface area (Å²) >= 11 is 0.638. The molecule has 0 saturated carbocycles. The monoisotopic (exact) mass is 432 g/mol. The van der Waals surface area contributed by atoms with Gasteiger partial charge in [0.15, 0.2) is 0 Å². The van der Waals surface area contributed by atoms with Gasteiger partial charge in [0.1, 0.15) is 0 Å². The molecule has 2 rings (SSSR count). The fourth-order valence-corrected chi connectivity index (χ4v) is 3.40. The average molecular weight is 432 g/mol. The first-order valence-electron chi connectivity index (χ1n) is 8.07. The van der Waals surface area contributed by atoms with Crippen LogP contribution in [-0.4, -0.2) is 42.1 Å². The third-order valence-electron chi connectivity index (χ3n) is 4.03. The smallest absolute Gasteiger partial charge is 0.256 e. The number of aliphatic imine (C=N–C) groups is 2. The van der Waals surface area contributed by atoms with Crippen LogP contribution in [0.1, 0.15) is 23.1 Å². The number of thioether (sulfide) groups is 1. The predicted octanol–water partition coefficient (Wildman–Crippen LogP) is 5.94. The fraction of sp³-hybridized carbons (Fsp3) is 0.529. The molecule has 0 N–H and O–H groups in total. The van der Waals surface area contributed by atoms with Crippen LogP contribution >= 0.6 is 11.8 Å². The van der Waals surface area contributed by atoms with Gasteiger partial charge in [-0.15, -0.1) is 11.8 Å². The van der Waals surface area contributed by atoms with E-state index in [0.717, 1.165) is 11.8 Å². The maximum Gasteiger partial charge on any atom is 0.461 e.